The molecule has 0 fully saturated rings. The molecule has 142 valence electrons. The van der Waals surface area contributed by atoms with E-state index in [1.807, 2.05) is 48.5 Å². The molecule has 0 N–H and O–H groups in total. The van der Waals surface area contributed by atoms with Crippen LogP contribution in [0.15, 0.2) is 71.1 Å². The third-order valence-electron chi connectivity index (χ3n) is 4.95. The van der Waals surface area contributed by atoms with E-state index in [2.05, 4.69) is 36.9 Å². The lowest BCUT2D eigenvalue weighted by Crippen LogP contribution is -2.22. The smallest absolute Gasteiger partial charge is 0.204 e. The highest BCUT2D eigenvalue weighted by Crippen LogP contribution is 2.42. The number of rotatable bonds is 5. The molecule has 0 unspecified atom stereocenters. The van der Waals surface area contributed by atoms with E-state index in [4.69, 9.17) is 27.6 Å². The van der Waals surface area contributed by atoms with E-state index in [1.165, 1.54) is 5.56 Å². The molecule has 0 radical (unpaired) electrons. The lowest BCUT2D eigenvalue weighted by atomic mass is 10.0. The van der Waals surface area contributed by atoms with Gasteiger partial charge >= 0.3 is 0 Å². The highest BCUT2D eigenvalue weighted by molar-refractivity contribution is 6.31. The van der Waals surface area contributed by atoms with E-state index in [1.54, 1.807) is 0 Å². The van der Waals surface area contributed by atoms with Gasteiger partial charge in [0.05, 0.1) is 5.56 Å². The summed E-state index contributed by atoms with van der Waals surface area (Å²) in [5.74, 6) is 0.852. The molecular weight excluding hydrogens is 389 g/mol. The van der Waals surface area contributed by atoms with Gasteiger partial charge in [-0.1, -0.05) is 65.2 Å². The van der Waals surface area contributed by atoms with Gasteiger partial charge < -0.3 is 9.32 Å². The van der Waals surface area contributed by atoms with Crippen LogP contribution >= 0.6 is 23.2 Å². The average Bonchev–Trinajstić information content (AvgIpc) is 3.06. The van der Waals surface area contributed by atoms with Crippen molar-refractivity contribution in [2.24, 2.45) is 0 Å². The molecule has 0 spiro atoms. The van der Waals surface area contributed by atoms with Gasteiger partial charge in [0.25, 0.3) is 0 Å². The minimum Gasteiger partial charge on any atom is -0.440 e. The molecule has 0 aliphatic heterocycles. The number of nitrogens with zero attached hydrogens (tertiary/aromatic N) is 1. The Kier molecular flexibility index (Phi) is 5.34. The van der Waals surface area contributed by atoms with Crippen LogP contribution in [-0.4, -0.2) is 6.54 Å². The summed E-state index contributed by atoms with van der Waals surface area (Å²) >= 11 is 12.5. The summed E-state index contributed by atoms with van der Waals surface area (Å²) in [5.41, 5.74) is 5.32. The Morgan fingerprint density at radius 2 is 1.68 bits per heavy atom. The molecule has 1 heterocycles. The van der Waals surface area contributed by atoms with Crippen molar-refractivity contribution in [3.63, 3.8) is 0 Å². The lowest BCUT2D eigenvalue weighted by Gasteiger charge is -2.22. The minimum absolute atomic E-state index is 0.676. The summed E-state index contributed by atoms with van der Waals surface area (Å²) in [6.45, 7) is 5.69. The SMILES string of the molecule is CCN(Cc1ccccc1Cl)c1oc2ccc(C)cc2c1-c1ccc(Cl)cc1. The van der Waals surface area contributed by atoms with Crippen LogP contribution in [0.5, 0.6) is 0 Å². The van der Waals surface area contributed by atoms with Gasteiger partial charge in [-0.25, -0.2) is 0 Å². The van der Waals surface area contributed by atoms with Crippen LogP contribution in [0.2, 0.25) is 10.0 Å². The number of anilines is 1. The van der Waals surface area contributed by atoms with Crippen LogP contribution in [0.4, 0.5) is 5.88 Å². The van der Waals surface area contributed by atoms with Gasteiger partial charge in [0, 0.05) is 28.5 Å². The predicted octanol–water partition coefficient (Wildman–Crippen LogP) is 7.74. The van der Waals surface area contributed by atoms with Crippen molar-refractivity contribution in [2.45, 2.75) is 20.4 Å². The summed E-state index contributed by atoms with van der Waals surface area (Å²) in [4.78, 5) is 2.22. The van der Waals surface area contributed by atoms with Gasteiger partial charge in [-0.05, 0) is 55.3 Å². The van der Waals surface area contributed by atoms with Crippen LogP contribution in [0, 0.1) is 6.92 Å². The van der Waals surface area contributed by atoms with Crippen molar-refractivity contribution in [3.05, 3.63) is 87.9 Å². The summed E-state index contributed by atoms with van der Waals surface area (Å²) in [6.07, 6.45) is 0. The number of benzene rings is 3. The fraction of sp³-hybridized carbons (Fsp3) is 0.167. The topological polar surface area (TPSA) is 16.4 Å². The van der Waals surface area contributed by atoms with Crippen molar-refractivity contribution in [1.82, 2.24) is 0 Å². The second-order valence-corrected chi connectivity index (χ2v) is 7.74. The van der Waals surface area contributed by atoms with E-state index >= 15 is 0 Å². The van der Waals surface area contributed by atoms with Crippen molar-refractivity contribution in [1.29, 1.82) is 0 Å². The molecule has 2 nitrogen and oxygen atoms in total. The number of hydrogen-bond acceptors (Lipinski definition) is 2. The van der Waals surface area contributed by atoms with Crippen molar-refractivity contribution in [3.8, 4) is 11.1 Å². The molecule has 0 saturated carbocycles. The number of furan rings is 1. The molecule has 0 bridgehead atoms. The normalized spacial score (nSPS) is 11.1. The highest BCUT2D eigenvalue weighted by atomic mass is 35.5. The number of aryl methyl sites for hydroxylation is 1. The first kappa shape index (κ1) is 18.9. The highest BCUT2D eigenvalue weighted by Gasteiger charge is 2.21. The van der Waals surface area contributed by atoms with E-state index in [0.717, 1.165) is 50.1 Å². The summed E-state index contributed by atoms with van der Waals surface area (Å²) < 4.78 is 6.35. The maximum absolute atomic E-state index is 6.41. The zero-order valence-electron chi connectivity index (χ0n) is 15.9. The molecule has 4 rings (SSSR count). The Morgan fingerprint density at radius 1 is 0.929 bits per heavy atom. The third kappa shape index (κ3) is 3.63. The largest absolute Gasteiger partial charge is 0.440 e. The summed E-state index contributed by atoms with van der Waals surface area (Å²) in [6, 6.07) is 22.1. The first-order valence-electron chi connectivity index (χ1n) is 9.34. The van der Waals surface area contributed by atoms with Gasteiger partial charge in [-0.15, -0.1) is 0 Å². The molecule has 0 aliphatic carbocycles. The molecule has 0 aliphatic rings. The van der Waals surface area contributed by atoms with Crippen LogP contribution in [-0.2, 0) is 6.54 Å². The van der Waals surface area contributed by atoms with Crippen molar-refractivity contribution < 1.29 is 4.42 Å². The zero-order valence-corrected chi connectivity index (χ0v) is 17.4. The van der Waals surface area contributed by atoms with Crippen LogP contribution in [0.3, 0.4) is 0 Å². The number of hydrogen-bond donors (Lipinski definition) is 0. The van der Waals surface area contributed by atoms with Gasteiger partial charge in [0.1, 0.15) is 5.58 Å². The van der Waals surface area contributed by atoms with E-state index in [0.29, 0.717) is 6.54 Å². The van der Waals surface area contributed by atoms with Gasteiger partial charge in [0.15, 0.2) is 0 Å². The van der Waals surface area contributed by atoms with E-state index < -0.39 is 0 Å². The second-order valence-electron chi connectivity index (χ2n) is 6.89. The predicted molar refractivity (Wildman–Crippen MR) is 120 cm³/mol. The Morgan fingerprint density at radius 3 is 2.39 bits per heavy atom. The Hall–Kier alpha value is -2.42. The van der Waals surface area contributed by atoms with Gasteiger partial charge in [0.2, 0.25) is 5.88 Å². The molecule has 0 saturated heterocycles. The molecule has 4 aromatic rings. The zero-order chi connectivity index (χ0) is 19.7. The quantitative estimate of drug-likeness (QED) is 0.335. The number of halogens is 2. The van der Waals surface area contributed by atoms with Crippen molar-refractivity contribution >= 4 is 40.1 Å². The van der Waals surface area contributed by atoms with E-state index in [9.17, 15) is 0 Å². The molecule has 0 atom stereocenters. The minimum atomic E-state index is 0.676. The van der Waals surface area contributed by atoms with E-state index in [-0.39, 0.29) is 0 Å². The monoisotopic (exact) mass is 409 g/mol. The summed E-state index contributed by atoms with van der Waals surface area (Å²) in [5, 5.41) is 2.59. The first-order chi connectivity index (χ1) is 13.6. The van der Waals surface area contributed by atoms with Crippen LogP contribution < -0.4 is 4.90 Å². The Balaban J connectivity index is 1.88. The fourth-order valence-electron chi connectivity index (χ4n) is 3.48. The van der Waals surface area contributed by atoms with Gasteiger partial charge in [-0.2, -0.15) is 0 Å². The molecule has 3 aromatic carbocycles. The number of fused-ring (bicyclic) bond motifs is 1. The maximum atomic E-state index is 6.41. The average molecular weight is 410 g/mol. The molecule has 1 aromatic heterocycles. The lowest BCUT2D eigenvalue weighted by molar-refractivity contribution is 0.584. The molecular formula is C24H21Cl2NO. The Bertz CT molecular complexity index is 1120. The second kappa shape index (κ2) is 7.90. The molecule has 0 amide bonds. The third-order valence-corrected chi connectivity index (χ3v) is 5.57. The van der Waals surface area contributed by atoms with Crippen LogP contribution in [0.1, 0.15) is 18.1 Å². The van der Waals surface area contributed by atoms with Gasteiger partial charge in [-0.3, -0.25) is 0 Å². The maximum Gasteiger partial charge on any atom is 0.204 e. The molecule has 28 heavy (non-hydrogen) atoms. The molecule has 4 heteroatoms. The first-order valence-corrected chi connectivity index (χ1v) is 10.1. The summed E-state index contributed by atoms with van der Waals surface area (Å²) in [7, 11) is 0. The Labute approximate surface area is 175 Å². The standard InChI is InChI=1S/C24H21Cl2NO/c1-3-27(15-18-6-4-5-7-21(18)26)24-23(17-9-11-19(25)12-10-17)20-14-16(2)8-13-22(20)28-24/h4-14H,3,15H2,1-2H3. The van der Waals surface area contributed by atoms with Crippen LogP contribution in [0.25, 0.3) is 22.1 Å². The fourth-order valence-corrected chi connectivity index (χ4v) is 3.80. The van der Waals surface area contributed by atoms with Crippen molar-refractivity contribution in [2.75, 3.05) is 11.4 Å².